The molecule has 5 nitrogen and oxygen atoms in total. The summed E-state index contributed by atoms with van der Waals surface area (Å²) < 4.78 is 28.4. The topological polar surface area (TPSA) is 52.7 Å². The van der Waals surface area contributed by atoms with Crippen molar-refractivity contribution in [2.24, 2.45) is 11.8 Å². The van der Waals surface area contributed by atoms with E-state index in [4.69, 9.17) is 0 Å². The zero-order valence-corrected chi connectivity index (χ0v) is 14.4. The van der Waals surface area contributed by atoms with Crippen molar-refractivity contribution in [3.05, 3.63) is 0 Å². The number of piperidine rings is 1. The van der Waals surface area contributed by atoms with Gasteiger partial charge < -0.3 is 5.32 Å². The lowest BCUT2D eigenvalue weighted by Crippen LogP contribution is -2.49. The molecule has 0 saturated carbocycles. The lowest BCUT2D eigenvalue weighted by Gasteiger charge is -2.36. The van der Waals surface area contributed by atoms with Crippen LogP contribution in [-0.4, -0.2) is 56.8 Å². The van der Waals surface area contributed by atoms with Gasteiger partial charge in [-0.1, -0.05) is 13.8 Å². The first-order valence-corrected chi connectivity index (χ1v) is 9.06. The van der Waals surface area contributed by atoms with E-state index in [-0.39, 0.29) is 6.04 Å². The van der Waals surface area contributed by atoms with Crippen molar-refractivity contribution < 1.29 is 8.42 Å². The standard InChI is InChI=1S/C14H31N3O2S/c1-12(2)10-13(3)16(5)20(18,19)17-8-6-14(7-9-17)11-15-4/h12-15H,6-11H2,1-5H3. The molecule has 0 amide bonds. The molecule has 0 aromatic carbocycles. The van der Waals surface area contributed by atoms with Crippen LogP contribution < -0.4 is 5.32 Å². The molecule has 1 aliphatic rings. The summed E-state index contributed by atoms with van der Waals surface area (Å²) in [5.41, 5.74) is 0. The molecule has 120 valence electrons. The van der Waals surface area contributed by atoms with E-state index >= 15 is 0 Å². The van der Waals surface area contributed by atoms with Gasteiger partial charge in [-0.05, 0) is 51.6 Å². The number of nitrogens with one attached hydrogen (secondary N) is 1. The van der Waals surface area contributed by atoms with Crippen molar-refractivity contribution in [3.8, 4) is 0 Å². The highest BCUT2D eigenvalue weighted by molar-refractivity contribution is 7.86. The molecule has 20 heavy (non-hydrogen) atoms. The van der Waals surface area contributed by atoms with E-state index in [2.05, 4.69) is 19.2 Å². The number of rotatable bonds is 7. The Labute approximate surface area is 124 Å². The number of hydrogen-bond acceptors (Lipinski definition) is 3. The fraction of sp³-hybridized carbons (Fsp3) is 1.00. The van der Waals surface area contributed by atoms with Crippen LogP contribution in [0.25, 0.3) is 0 Å². The van der Waals surface area contributed by atoms with Crippen LogP contribution >= 0.6 is 0 Å². The predicted octanol–water partition coefficient (Wildman–Crippen LogP) is 1.53. The quantitative estimate of drug-likeness (QED) is 0.776. The summed E-state index contributed by atoms with van der Waals surface area (Å²) in [7, 11) is 0.360. The average Bonchev–Trinajstić information content (AvgIpc) is 2.38. The molecule has 1 saturated heterocycles. The molecule has 0 radical (unpaired) electrons. The first kappa shape index (κ1) is 17.9. The first-order chi connectivity index (χ1) is 9.28. The van der Waals surface area contributed by atoms with Crippen molar-refractivity contribution in [1.29, 1.82) is 0 Å². The minimum atomic E-state index is -3.30. The first-order valence-electron chi connectivity index (χ1n) is 7.66. The van der Waals surface area contributed by atoms with Gasteiger partial charge in [-0.3, -0.25) is 0 Å². The van der Waals surface area contributed by atoms with Gasteiger partial charge in [0.1, 0.15) is 0 Å². The monoisotopic (exact) mass is 305 g/mol. The molecule has 1 N–H and O–H groups in total. The van der Waals surface area contributed by atoms with Gasteiger partial charge in [0, 0.05) is 26.2 Å². The van der Waals surface area contributed by atoms with Crippen molar-refractivity contribution in [3.63, 3.8) is 0 Å². The van der Waals surface area contributed by atoms with Gasteiger partial charge in [-0.15, -0.1) is 0 Å². The maximum absolute atomic E-state index is 12.6. The Hall–Kier alpha value is -0.170. The van der Waals surface area contributed by atoms with Gasteiger partial charge in [0.2, 0.25) is 0 Å². The van der Waals surface area contributed by atoms with Crippen LogP contribution in [0, 0.1) is 11.8 Å². The summed E-state index contributed by atoms with van der Waals surface area (Å²) >= 11 is 0. The Morgan fingerprint density at radius 2 is 1.80 bits per heavy atom. The summed E-state index contributed by atoms with van der Waals surface area (Å²) in [6.45, 7) is 8.51. The molecule has 0 spiro atoms. The molecule has 1 heterocycles. The highest BCUT2D eigenvalue weighted by atomic mass is 32.2. The fourth-order valence-electron chi connectivity index (χ4n) is 2.87. The van der Waals surface area contributed by atoms with E-state index in [1.807, 2.05) is 14.0 Å². The molecule has 1 rings (SSSR count). The average molecular weight is 305 g/mol. The summed E-state index contributed by atoms with van der Waals surface area (Å²) in [4.78, 5) is 0. The minimum absolute atomic E-state index is 0.0510. The zero-order valence-electron chi connectivity index (χ0n) is 13.6. The highest BCUT2D eigenvalue weighted by Crippen LogP contribution is 2.22. The molecule has 0 aromatic rings. The molecule has 0 aromatic heterocycles. The minimum Gasteiger partial charge on any atom is -0.319 e. The van der Waals surface area contributed by atoms with E-state index in [9.17, 15) is 8.42 Å². The third kappa shape index (κ3) is 4.69. The largest absolute Gasteiger partial charge is 0.319 e. The third-order valence-corrected chi connectivity index (χ3v) is 6.30. The van der Waals surface area contributed by atoms with Crippen molar-refractivity contribution in [2.75, 3.05) is 33.7 Å². The van der Waals surface area contributed by atoms with Crippen molar-refractivity contribution in [2.45, 2.75) is 46.1 Å². The Balaban J connectivity index is 2.61. The van der Waals surface area contributed by atoms with Crippen molar-refractivity contribution in [1.82, 2.24) is 13.9 Å². The zero-order chi connectivity index (χ0) is 15.3. The van der Waals surface area contributed by atoms with E-state index in [0.717, 1.165) is 25.8 Å². The summed E-state index contributed by atoms with van der Waals surface area (Å²) in [5, 5.41) is 3.18. The van der Waals surface area contributed by atoms with Crippen LogP contribution in [0.15, 0.2) is 0 Å². The van der Waals surface area contributed by atoms with Gasteiger partial charge in [-0.25, -0.2) is 0 Å². The lowest BCUT2D eigenvalue weighted by molar-refractivity contribution is 0.243. The SMILES string of the molecule is CNCC1CCN(S(=O)(=O)N(C)C(C)CC(C)C)CC1. The van der Waals surface area contributed by atoms with Crippen LogP contribution in [0.2, 0.25) is 0 Å². The third-order valence-electron chi connectivity index (χ3n) is 4.19. The maximum Gasteiger partial charge on any atom is 0.281 e. The molecule has 1 fully saturated rings. The van der Waals surface area contributed by atoms with Crippen LogP contribution in [0.5, 0.6) is 0 Å². The Morgan fingerprint density at radius 1 is 1.25 bits per heavy atom. The molecular formula is C14H31N3O2S. The number of nitrogens with zero attached hydrogens (tertiary/aromatic N) is 2. The van der Waals surface area contributed by atoms with Gasteiger partial charge in [0.05, 0.1) is 0 Å². The molecule has 1 aliphatic heterocycles. The second-order valence-corrected chi connectivity index (χ2v) is 8.39. The van der Waals surface area contributed by atoms with E-state index < -0.39 is 10.2 Å². The normalized spacial score (nSPS) is 20.8. The molecular weight excluding hydrogens is 274 g/mol. The number of hydrogen-bond donors (Lipinski definition) is 1. The predicted molar refractivity (Wildman–Crippen MR) is 83.8 cm³/mol. The van der Waals surface area contributed by atoms with Crippen molar-refractivity contribution >= 4 is 10.2 Å². The van der Waals surface area contributed by atoms with Gasteiger partial charge in [0.25, 0.3) is 10.2 Å². The Bertz CT molecular complexity index is 376. The van der Waals surface area contributed by atoms with Crippen LogP contribution in [0.3, 0.4) is 0 Å². The smallest absolute Gasteiger partial charge is 0.281 e. The van der Waals surface area contributed by atoms with Crippen LogP contribution in [-0.2, 0) is 10.2 Å². The van der Waals surface area contributed by atoms with Gasteiger partial charge in [-0.2, -0.15) is 17.0 Å². The van der Waals surface area contributed by atoms with E-state index in [0.29, 0.717) is 24.9 Å². The van der Waals surface area contributed by atoms with Gasteiger partial charge >= 0.3 is 0 Å². The van der Waals surface area contributed by atoms with Gasteiger partial charge in [0.15, 0.2) is 0 Å². The van der Waals surface area contributed by atoms with E-state index in [1.165, 1.54) is 0 Å². The molecule has 1 unspecified atom stereocenters. The molecule has 0 bridgehead atoms. The molecule has 0 aliphatic carbocycles. The fourth-order valence-corrected chi connectivity index (χ4v) is 4.45. The summed E-state index contributed by atoms with van der Waals surface area (Å²) in [6.07, 6.45) is 2.80. The van der Waals surface area contributed by atoms with E-state index in [1.54, 1.807) is 15.7 Å². The van der Waals surface area contributed by atoms with Crippen LogP contribution in [0.1, 0.15) is 40.0 Å². The lowest BCUT2D eigenvalue weighted by atomic mass is 9.98. The second-order valence-electron chi connectivity index (χ2n) is 6.40. The Kier molecular flexibility index (Phi) is 6.91. The summed E-state index contributed by atoms with van der Waals surface area (Å²) in [5.74, 6) is 1.11. The highest BCUT2D eigenvalue weighted by Gasteiger charge is 2.33. The second kappa shape index (κ2) is 7.73. The molecule has 6 heteroatoms. The molecule has 1 atom stereocenters. The summed E-state index contributed by atoms with van der Waals surface area (Å²) in [6, 6.07) is 0.0510. The Morgan fingerprint density at radius 3 is 2.25 bits per heavy atom. The maximum atomic E-state index is 12.6. The van der Waals surface area contributed by atoms with Crippen LogP contribution in [0.4, 0.5) is 0 Å².